The maximum atomic E-state index is 5.62. The van der Waals surface area contributed by atoms with Crippen LogP contribution in [0.25, 0.3) is 0 Å². The molecule has 8 nitrogen and oxygen atoms in total. The Morgan fingerprint density at radius 1 is 0.190 bits per heavy atom. The standard InChI is InChI=1S/4C13H14N2.4C2H6.4CH7P3/c4*14-12-5-1-10(2-6-12)9-11-3-7-13(15)8-4-11;4*1-2;4*1-4(2)3/h4*1-8H,9,14-15H2;4*1-2H3;4*2-3H2,1H3. The Morgan fingerprint density at radius 3 is 0.310 bits per heavy atom. The first-order valence-electron chi connectivity index (χ1n) is 27.6. The third-order valence-electron chi connectivity index (χ3n) is 9.47. The van der Waals surface area contributed by atoms with E-state index in [4.69, 9.17) is 45.9 Å². The highest BCUT2D eigenvalue weighted by Crippen LogP contribution is 2.49. The van der Waals surface area contributed by atoms with Crippen LogP contribution in [0, 0.1) is 0 Å². The van der Waals surface area contributed by atoms with Crippen LogP contribution < -0.4 is 45.9 Å². The van der Waals surface area contributed by atoms with Crippen molar-refractivity contribution in [1.82, 2.24) is 0 Å². The van der Waals surface area contributed by atoms with E-state index < -0.39 is 0 Å². The Kier molecular flexibility index (Phi) is 60.6. The molecule has 0 aromatic heterocycles. The van der Waals surface area contributed by atoms with Gasteiger partial charge in [0.2, 0.25) is 0 Å². The van der Waals surface area contributed by atoms with Gasteiger partial charge in [0.1, 0.15) is 0 Å². The fraction of sp³-hybridized carbons (Fsp3) is 0.250. The zero-order valence-electron chi connectivity index (χ0n) is 52.3. The summed E-state index contributed by atoms with van der Waals surface area (Å²) in [7, 11) is 22.3. The van der Waals surface area contributed by atoms with Crippen molar-refractivity contribution in [1.29, 1.82) is 0 Å². The average Bonchev–Trinajstić information content (AvgIpc) is 3.47. The molecule has 8 atom stereocenters. The van der Waals surface area contributed by atoms with Gasteiger partial charge in [-0.2, -0.15) is 0 Å². The van der Waals surface area contributed by atoms with E-state index in [9.17, 15) is 0 Å². The second-order valence-corrected chi connectivity index (χ2v) is 49.3. The van der Waals surface area contributed by atoms with E-state index in [1.54, 1.807) is 0 Å². The number of anilines is 8. The first-order valence-corrected chi connectivity index (χ1v) is 47.7. The van der Waals surface area contributed by atoms with Crippen LogP contribution in [0.5, 0.6) is 0 Å². The van der Waals surface area contributed by atoms with Crippen molar-refractivity contribution >= 4 is 146 Å². The molecule has 0 aliphatic rings. The lowest BCUT2D eigenvalue weighted by Crippen LogP contribution is -1.90. The summed E-state index contributed by atoms with van der Waals surface area (Å²) in [6.45, 7) is 24.6. The number of nitrogen functional groups attached to an aromatic ring is 8. The molecule has 0 radical (unpaired) electrons. The van der Waals surface area contributed by atoms with Crippen LogP contribution in [-0.2, 0) is 25.7 Å². The third kappa shape index (κ3) is 55.9. The van der Waals surface area contributed by atoms with Crippen molar-refractivity contribution in [2.45, 2.75) is 81.1 Å². The predicted molar refractivity (Wildman–Crippen MR) is 433 cm³/mol. The summed E-state index contributed by atoms with van der Waals surface area (Å²) >= 11 is 0. The summed E-state index contributed by atoms with van der Waals surface area (Å²) in [6.07, 6.45) is 3.67. The van der Waals surface area contributed by atoms with Crippen molar-refractivity contribution in [2.75, 3.05) is 72.5 Å². The van der Waals surface area contributed by atoms with Gasteiger partial charge in [-0.1, -0.05) is 182 Å². The van der Waals surface area contributed by atoms with Crippen molar-refractivity contribution in [3.63, 3.8) is 0 Å². The Bertz CT molecular complexity index is 2120. The van der Waals surface area contributed by atoms with Gasteiger partial charge >= 0.3 is 0 Å². The van der Waals surface area contributed by atoms with Gasteiger partial charge in [0, 0.05) is 45.5 Å². The zero-order valence-corrected chi connectivity index (χ0v) is 65.1. The number of nitrogens with two attached hydrogens (primary N) is 8. The molecule has 20 heteroatoms. The maximum absolute atomic E-state index is 5.62. The molecule has 0 fully saturated rings. The summed E-state index contributed by atoms with van der Waals surface area (Å²) in [5.41, 5.74) is 61.5. The van der Waals surface area contributed by atoms with Gasteiger partial charge in [-0.05, 0) is 194 Å². The molecule has 8 unspecified atom stereocenters. The molecule has 0 aliphatic heterocycles. The van der Waals surface area contributed by atoms with Crippen LogP contribution in [0.4, 0.5) is 45.5 Å². The minimum Gasteiger partial charge on any atom is -0.399 e. The summed E-state index contributed by atoms with van der Waals surface area (Å²) in [6, 6.07) is 63.5. The second-order valence-electron chi connectivity index (χ2n) is 17.3. The SMILES string of the molecule is CC.CC.CC.CC.CP(P)P.CP(P)P.CP(P)P.CP(P)P.Nc1ccc(Cc2ccc(N)cc2)cc1.Nc1ccc(Cc2ccc(N)cc2)cc1.Nc1ccc(Cc2ccc(N)cc2)cc1.Nc1ccc(Cc2ccc(N)cc2)cc1. The van der Waals surface area contributed by atoms with Gasteiger partial charge in [0.15, 0.2) is 0 Å². The van der Waals surface area contributed by atoms with Crippen molar-refractivity contribution < 1.29 is 0 Å². The molecule has 84 heavy (non-hydrogen) atoms. The quantitative estimate of drug-likeness (QED) is 0.0541. The Morgan fingerprint density at radius 2 is 0.250 bits per heavy atom. The number of rotatable bonds is 8. The van der Waals surface area contributed by atoms with Gasteiger partial charge in [-0.15, -0.1) is 71.4 Å². The average molecular weight is 1360 g/mol. The summed E-state index contributed by atoms with van der Waals surface area (Å²) < 4.78 is 0. The summed E-state index contributed by atoms with van der Waals surface area (Å²) in [5.74, 6) is 0. The predicted octanol–water partition coefficient (Wildman–Crippen LogP) is 20.6. The van der Waals surface area contributed by atoms with Gasteiger partial charge in [-0.3, -0.25) is 0 Å². The van der Waals surface area contributed by atoms with Gasteiger partial charge in [0.25, 0.3) is 0 Å². The highest BCUT2D eigenvalue weighted by molar-refractivity contribution is 8.44. The first-order chi connectivity index (χ1) is 39.9. The molecule has 0 heterocycles. The minimum absolute atomic E-state index is 0.213. The zero-order chi connectivity index (χ0) is 65.0. The minimum atomic E-state index is 0.213. The monoisotopic (exact) mass is 1360 g/mol. The van der Waals surface area contributed by atoms with E-state index in [2.05, 4.69) is 98.1 Å². The molecule has 0 saturated heterocycles. The van der Waals surface area contributed by atoms with Gasteiger partial charge in [0.05, 0.1) is 0 Å². The lowest BCUT2D eigenvalue weighted by Gasteiger charge is -2.02. The van der Waals surface area contributed by atoms with Gasteiger partial charge in [-0.25, -0.2) is 0 Å². The van der Waals surface area contributed by atoms with Crippen molar-refractivity contribution in [3.8, 4) is 0 Å². The van der Waals surface area contributed by atoms with Crippen LogP contribution in [-0.4, -0.2) is 26.7 Å². The molecule has 464 valence electrons. The fourth-order valence-electron chi connectivity index (χ4n) is 6.03. The van der Waals surface area contributed by atoms with Crippen LogP contribution in [0.1, 0.15) is 99.9 Å². The van der Waals surface area contributed by atoms with Crippen LogP contribution >= 0.6 is 101 Å². The summed E-state index contributed by atoms with van der Waals surface area (Å²) in [5, 5.41) is 0. The van der Waals surface area contributed by atoms with E-state index in [1.807, 2.05) is 250 Å². The van der Waals surface area contributed by atoms with Gasteiger partial charge < -0.3 is 45.9 Å². The van der Waals surface area contributed by atoms with Crippen molar-refractivity contribution in [2.24, 2.45) is 0 Å². The van der Waals surface area contributed by atoms with E-state index >= 15 is 0 Å². The highest BCUT2D eigenvalue weighted by Gasteiger charge is 2.00. The molecular weight excluding hydrogens is 1250 g/mol. The lowest BCUT2D eigenvalue weighted by molar-refractivity contribution is 1.19. The molecule has 8 aromatic rings. The van der Waals surface area contributed by atoms with Crippen LogP contribution in [0.2, 0.25) is 0 Å². The Labute approximate surface area is 534 Å². The largest absolute Gasteiger partial charge is 0.399 e. The number of benzene rings is 8. The topological polar surface area (TPSA) is 208 Å². The smallest absolute Gasteiger partial charge is 0.0314 e. The molecule has 8 aromatic carbocycles. The highest BCUT2D eigenvalue weighted by atomic mass is 32.4. The normalized spacial score (nSPS) is 9.24. The molecule has 16 N–H and O–H groups in total. The molecule has 0 spiro atoms. The molecule has 8 rings (SSSR count). The Balaban J connectivity index is -0.000000451. The molecular formula is C64H108N8P12. The maximum Gasteiger partial charge on any atom is 0.0314 e. The second kappa shape index (κ2) is 58.0. The molecule has 0 saturated carbocycles. The fourth-order valence-corrected chi connectivity index (χ4v) is 6.03. The first kappa shape index (κ1) is 87.8. The molecule has 0 amide bonds. The van der Waals surface area contributed by atoms with Crippen LogP contribution in [0.3, 0.4) is 0 Å². The van der Waals surface area contributed by atoms with E-state index in [1.165, 1.54) is 44.5 Å². The number of hydrogen-bond acceptors (Lipinski definition) is 8. The third-order valence-corrected chi connectivity index (χ3v) is 9.47. The van der Waals surface area contributed by atoms with E-state index in [0.717, 1.165) is 71.2 Å². The van der Waals surface area contributed by atoms with E-state index in [0.29, 0.717) is 0 Å². The summed E-state index contributed by atoms with van der Waals surface area (Å²) in [4.78, 5) is 0. The Hall–Kier alpha value is -2.68. The molecule has 0 aliphatic carbocycles. The lowest BCUT2D eigenvalue weighted by atomic mass is 10.0. The van der Waals surface area contributed by atoms with Crippen molar-refractivity contribution in [3.05, 3.63) is 239 Å². The van der Waals surface area contributed by atoms with E-state index in [-0.39, 0.29) is 29.2 Å². The van der Waals surface area contributed by atoms with Crippen LogP contribution in [0.15, 0.2) is 194 Å². The number of hydrogen-bond donors (Lipinski definition) is 8. The molecule has 0 bridgehead atoms.